The maximum Gasteiger partial charge on any atom is 0.412 e. The molecule has 0 atom stereocenters. The fraction of sp³-hybridized carbons (Fsp3) is 0.214. The number of nitrogens with one attached hydrogen (secondary N) is 1. The van der Waals surface area contributed by atoms with Gasteiger partial charge in [-0.15, -0.1) is 11.3 Å². The van der Waals surface area contributed by atoms with Crippen LogP contribution < -0.4 is 10.1 Å². The number of carbonyl (C=O) groups is 2. The monoisotopic (exact) mass is 290 g/mol. The summed E-state index contributed by atoms with van der Waals surface area (Å²) in [6.07, 6.45) is 1.55. The summed E-state index contributed by atoms with van der Waals surface area (Å²) in [6, 6.07) is 7.13. The van der Waals surface area contributed by atoms with E-state index in [1.54, 1.807) is 12.1 Å². The summed E-state index contributed by atoms with van der Waals surface area (Å²) in [5.41, 5.74) is 1.87. The van der Waals surface area contributed by atoms with Gasteiger partial charge in [0.1, 0.15) is 17.0 Å². The van der Waals surface area contributed by atoms with Crippen LogP contribution >= 0.6 is 11.3 Å². The molecular weight excluding hydrogens is 276 g/mol. The maximum atomic E-state index is 11.1. The molecule has 0 aliphatic carbocycles. The molecule has 0 aliphatic heterocycles. The first kappa shape index (κ1) is 14.2. The molecule has 0 bridgehead atoms. The van der Waals surface area contributed by atoms with E-state index in [1.165, 1.54) is 18.4 Å². The predicted octanol–water partition coefficient (Wildman–Crippen LogP) is 2.66. The lowest BCUT2D eigenvalue weighted by Crippen LogP contribution is -2.21. The third-order valence-corrected chi connectivity index (χ3v) is 3.53. The molecule has 0 saturated carbocycles. The van der Waals surface area contributed by atoms with E-state index >= 15 is 0 Å². The first-order valence-corrected chi connectivity index (χ1v) is 6.99. The van der Waals surface area contributed by atoms with Crippen molar-refractivity contribution >= 4 is 23.7 Å². The number of nitrogens with zero attached hydrogens (tertiary/aromatic N) is 1. The molecule has 1 heterocycles. The van der Waals surface area contributed by atoms with Gasteiger partial charge in [-0.05, 0) is 30.7 Å². The molecule has 2 aromatic rings. The minimum atomic E-state index is -0.497. The molecule has 1 amide bonds. The van der Waals surface area contributed by atoms with Gasteiger partial charge in [-0.25, -0.2) is 9.78 Å². The molecule has 0 aliphatic rings. The highest BCUT2D eigenvalue weighted by Crippen LogP contribution is 2.26. The third kappa shape index (κ3) is 3.64. The van der Waals surface area contributed by atoms with Gasteiger partial charge in [0.25, 0.3) is 0 Å². The highest BCUT2D eigenvalue weighted by molar-refractivity contribution is 7.13. The molecule has 1 aromatic heterocycles. The average Bonchev–Trinajstić information content (AvgIpc) is 2.94. The van der Waals surface area contributed by atoms with Crippen LogP contribution in [0.4, 0.5) is 4.79 Å². The Balaban J connectivity index is 2.07. The lowest BCUT2D eigenvalue weighted by Gasteiger charge is -2.03. The Bertz CT molecular complexity index is 593. The second kappa shape index (κ2) is 6.81. The highest BCUT2D eigenvalue weighted by Gasteiger charge is 2.06. The van der Waals surface area contributed by atoms with E-state index in [4.69, 9.17) is 4.74 Å². The summed E-state index contributed by atoms with van der Waals surface area (Å²) in [5, 5.41) is 5.22. The first-order valence-electron chi connectivity index (χ1n) is 6.11. The first-order chi connectivity index (χ1) is 9.72. The largest absolute Gasteiger partial charge is 0.412 e. The molecule has 2 rings (SSSR count). The van der Waals surface area contributed by atoms with Crippen LogP contribution in [0, 0.1) is 0 Å². The zero-order valence-corrected chi connectivity index (χ0v) is 11.8. The normalized spacial score (nSPS) is 10.1. The van der Waals surface area contributed by atoms with Crippen molar-refractivity contribution in [1.29, 1.82) is 0 Å². The van der Waals surface area contributed by atoms with Crippen molar-refractivity contribution < 1.29 is 14.3 Å². The Hall–Kier alpha value is -2.21. The van der Waals surface area contributed by atoms with E-state index in [2.05, 4.69) is 10.3 Å². The summed E-state index contributed by atoms with van der Waals surface area (Å²) in [7, 11) is 1.51. The van der Waals surface area contributed by atoms with E-state index in [0.717, 1.165) is 22.6 Å². The molecular formula is C14H14N2O3S. The third-order valence-electron chi connectivity index (χ3n) is 2.59. The van der Waals surface area contributed by atoms with Crippen LogP contribution in [0.25, 0.3) is 10.6 Å². The van der Waals surface area contributed by atoms with Gasteiger partial charge in [0, 0.05) is 24.4 Å². The van der Waals surface area contributed by atoms with Gasteiger partial charge in [-0.1, -0.05) is 0 Å². The van der Waals surface area contributed by atoms with Gasteiger partial charge < -0.3 is 14.8 Å². The zero-order chi connectivity index (χ0) is 14.4. The molecule has 0 radical (unpaired) electrons. The van der Waals surface area contributed by atoms with Crippen molar-refractivity contribution in [2.45, 2.75) is 12.8 Å². The van der Waals surface area contributed by atoms with E-state index in [9.17, 15) is 9.59 Å². The minimum absolute atomic E-state index is 0.478. The van der Waals surface area contributed by atoms with Crippen molar-refractivity contribution in [2.75, 3.05) is 7.05 Å². The Kier molecular flexibility index (Phi) is 4.84. The number of benzene rings is 1. The lowest BCUT2D eigenvalue weighted by atomic mass is 10.2. The van der Waals surface area contributed by atoms with E-state index in [-0.39, 0.29) is 0 Å². The fourth-order valence-electron chi connectivity index (χ4n) is 1.58. The van der Waals surface area contributed by atoms with E-state index in [0.29, 0.717) is 18.6 Å². The molecule has 104 valence electrons. The predicted molar refractivity (Wildman–Crippen MR) is 77.0 cm³/mol. The SMILES string of the molecule is CNC(=O)Oc1ccc(-c2nc(CCC=O)cs2)cc1. The van der Waals surface area contributed by atoms with Gasteiger partial charge in [0.15, 0.2) is 0 Å². The number of aryl methyl sites for hydroxylation is 1. The molecule has 0 saturated heterocycles. The van der Waals surface area contributed by atoms with Gasteiger partial charge in [0.2, 0.25) is 0 Å². The molecule has 5 nitrogen and oxygen atoms in total. The summed E-state index contributed by atoms with van der Waals surface area (Å²) < 4.78 is 5.01. The Morgan fingerprint density at radius 3 is 2.80 bits per heavy atom. The van der Waals surface area contributed by atoms with Gasteiger partial charge in [-0.3, -0.25) is 0 Å². The zero-order valence-electron chi connectivity index (χ0n) is 11.0. The summed E-state index contributed by atoms with van der Waals surface area (Å²) in [5.74, 6) is 0.478. The number of rotatable bonds is 5. The average molecular weight is 290 g/mol. The Labute approximate surface area is 120 Å². The maximum absolute atomic E-state index is 11.1. The number of aldehydes is 1. The lowest BCUT2D eigenvalue weighted by molar-refractivity contribution is -0.107. The van der Waals surface area contributed by atoms with Crippen molar-refractivity contribution in [3.63, 3.8) is 0 Å². The van der Waals surface area contributed by atoms with Crippen LogP contribution in [-0.2, 0) is 11.2 Å². The van der Waals surface area contributed by atoms with Gasteiger partial charge >= 0.3 is 6.09 Å². The number of amides is 1. The van der Waals surface area contributed by atoms with Gasteiger partial charge in [0.05, 0.1) is 5.69 Å². The van der Waals surface area contributed by atoms with Gasteiger partial charge in [-0.2, -0.15) is 0 Å². The van der Waals surface area contributed by atoms with Crippen LogP contribution in [-0.4, -0.2) is 24.4 Å². The van der Waals surface area contributed by atoms with Crippen LogP contribution in [0.2, 0.25) is 0 Å². The molecule has 1 aromatic carbocycles. The number of hydrogen-bond acceptors (Lipinski definition) is 5. The Morgan fingerprint density at radius 1 is 1.40 bits per heavy atom. The number of hydrogen-bond donors (Lipinski definition) is 1. The molecule has 0 spiro atoms. The van der Waals surface area contributed by atoms with Crippen molar-refractivity contribution in [2.24, 2.45) is 0 Å². The number of ether oxygens (including phenoxy) is 1. The standard InChI is InChI=1S/C14H14N2O3S/c1-15-14(18)19-12-6-4-10(5-7-12)13-16-11(9-20-13)3-2-8-17/h4-9H,2-3H2,1H3,(H,15,18). The van der Waals surface area contributed by atoms with Crippen molar-refractivity contribution in [1.82, 2.24) is 10.3 Å². The summed E-state index contributed by atoms with van der Waals surface area (Å²) in [4.78, 5) is 25.9. The second-order valence-electron chi connectivity index (χ2n) is 4.01. The number of aromatic nitrogens is 1. The van der Waals surface area contributed by atoms with Crippen LogP contribution in [0.1, 0.15) is 12.1 Å². The molecule has 20 heavy (non-hydrogen) atoms. The smallest absolute Gasteiger partial charge is 0.410 e. The molecule has 0 fully saturated rings. The highest BCUT2D eigenvalue weighted by atomic mass is 32.1. The fourth-order valence-corrected chi connectivity index (χ4v) is 2.45. The molecule has 1 N–H and O–H groups in total. The van der Waals surface area contributed by atoms with Crippen LogP contribution in [0.3, 0.4) is 0 Å². The summed E-state index contributed by atoms with van der Waals surface area (Å²) in [6.45, 7) is 0. The van der Waals surface area contributed by atoms with E-state index in [1.807, 2.05) is 17.5 Å². The molecule has 6 heteroatoms. The second-order valence-corrected chi connectivity index (χ2v) is 4.87. The molecule has 0 unspecified atom stereocenters. The van der Waals surface area contributed by atoms with Crippen LogP contribution in [0.5, 0.6) is 5.75 Å². The van der Waals surface area contributed by atoms with Crippen molar-refractivity contribution in [3.8, 4) is 16.3 Å². The van der Waals surface area contributed by atoms with Crippen molar-refractivity contribution in [3.05, 3.63) is 35.3 Å². The minimum Gasteiger partial charge on any atom is -0.410 e. The topological polar surface area (TPSA) is 68.3 Å². The summed E-state index contributed by atoms with van der Waals surface area (Å²) >= 11 is 1.53. The quantitative estimate of drug-likeness (QED) is 0.860. The number of carbonyl (C=O) groups excluding carboxylic acids is 2. The van der Waals surface area contributed by atoms with Crippen LogP contribution in [0.15, 0.2) is 29.6 Å². The number of thiazole rings is 1. The Morgan fingerprint density at radius 2 is 2.15 bits per heavy atom. The van der Waals surface area contributed by atoms with E-state index < -0.39 is 6.09 Å².